The SMILES string of the molecule is CCC1CCCCC1NS(=O)(=O)c1cc(CO)ccc1C. The summed E-state index contributed by atoms with van der Waals surface area (Å²) in [5.41, 5.74) is 1.33. The van der Waals surface area contributed by atoms with E-state index in [4.69, 9.17) is 0 Å². The molecule has 0 saturated heterocycles. The van der Waals surface area contributed by atoms with Gasteiger partial charge in [-0.3, -0.25) is 0 Å². The number of sulfonamides is 1. The second-order valence-electron chi connectivity index (χ2n) is 5.94. The number of rotatable bonds is 5. The minimum atomic E-state index is -3.53. The van der Waals surface area contributed by atoms with Gasteiger partial charge in [0.05, 0.1) is 11.5 Å². The van der Waals surface area contributed by atoms with Crippen molar-refractivity contribution in [1.82, 2.24) is 4.72 Å². The van der Waals surface area contributed by atoms with Gasteiger partial charge in [-0.2, -0.15) is 0 Å². The standard InChI is InChI=1S/C16H25NO3S/c1-3-14-6-4-5-7-15(14)17-21(19,20)16-10-13(11-18)9-8-12(16)2/h8-10,14-15,17-18H,3-7,11H2,1-2H3. The fraction of sp³-hybridized carbons (Fsp3) is 0.625. The van der Waals surface area contributed by atoms with Crippen molar-refractivity contribution in [2.75, 3.05) is 0 Å². The number of hydrogen-bond acceptors (Lipinski definition) is 3. The maximum atomic E-state index is 12.7. The van der Waals surface area contributed by atoms with Crippen LogP contribution in [0.1, 0.15) is 50.2 Å². The summed E-state index contributed by atoms with van der Waals surface area (Å²) in [7, 11) is -3.53. The molecule has 0 heterocycles. The average Bonchev–Trinajstić information content (AvgIpc) is 2.47. The number of benzene rings is 1. The van der Waals surface area contributed by atoms with Gasteiger partial charge in [-0.25, -0.2) is 13.1 Å². The average molecular weight is 311 g/mol. The van der Waals surface area contributed by atoms with Crippen LogP contribution < -0.4 is 4.72 Å². The molecule has 118 valence electrons. The van der Waals surface area contributed by atoms with Crippen molar-refractivity contribution in [3.63, 3.8) is 0 Å². The third kappa shape index (κ3) is 3.84. The molecule has 0 bridgehead atoms. The van der Waals surface area contributed by atoms with Crippen molar-refractivity contribution in [2.24, 2.45) is 5.92 Å². The molecule has 5 heteroatoms. The first-order valence-electron chi connectivity index (χ1n) is 7.70. The van der Waals surface area contributed by atoms with E-state index in [0.717, 1.165) is 25.7 Å². The Bertz CT molecular complexity index is 583. The van der Waals surface area contributed by atoms with Crippen LogP contribution in [-0.4, -0.2) is 19.6 Å². The largest absolute Gasteiger partial charge is 0.392 e. The van der Waals surface area contributed by atoms with Gasteiger partial charge in [-0.15, -0.1) is 0 Å². The highest BCUT2D eigenvalue weighted by atomic mass is 32.2. The second kappa shape index (κ2) is 6.90. The van der Waals surface area contributed by atoms with Crippen LogP contribution >= 0.6 is 0 Å². The van der Waals surface area contributed by atoms with E-state index >= 15 is 0 Å². The lowest BCUT2D eigenvalue weighted by Gasteiger charge is -2.31. The Kier molecular flexibility index (Phi) is 5.41. The lowest BCUT2D eigenvalue weighted by atomic mass is 9.83. The van der Waals surface area contributed by atoms with Gasteiger partial charge >= 0.3 is 0 Å². The maximum absolute atomic E-state index is 12.7. The van der Waals surface area contributed by atoms with Crippen molar-refractivity contribution in [2.45, 2.75) is 63.5 Å². The molecule has 2 atom stereocenters. The fourth-order valence-corrected chi connectivity index (χ4v) is 4.78. The molecule has 2 rings (SSSR count). The van der Waals surface area contributed by atoms with E-state index in [1.165, 1.54) is 6.42 Å². The smallest absolute Gasteiger partial charge is 0.241 e. The normalized spacial score (nSPS) is 23.2. The third-order valence-corrected chi connectivity index (χ3v) is 6.10. The highest BCUT2D eigenvalue weighted by molar-refractivity contribution is 7.89. The zero-order valence-electron chi connectivity index (χ0n) is 12.8. The molecule has 1 saturated carbocycles. The van der Waals surface area contributed by atoms with Crippen LogP contribution in [0, 0.1) is 12.8 Å². The Morgan fingerprint density at radius 2 is 2.00 bits per heavy atom. The van der Waals surface area contributed by atoms with Crippen molar-refractivity contribution < 1.29 is 13.5 Å². The first kappa shape index (κ1) is 16.5. The summed E-state index contributed by atoms with van der Waals surface area (Å²) in [5.74, 6) is 0.426. The Morgan fingerprint density at radius 1 is 1.29 bits per heavy atom. The molecule has 2 N–H and O–H groups in total. The third-order valence-electron chi connectivity index (χ3n) is 4.46. The van der Waals surface area contributed by atoms with Crippen LogP contribution in [-0.2, 0) is 16.6 Å². The molecule has 0 amide bonds. The van der Waals surface area contributed by atoms with E-state index in [9.17, 15) is 13.5 Å². The molecule has 1 aromatic carbocycles. The van der Waals surface area contributed by atoms with E-state index in [1.807, 2.05) is 0 Å². The molecule has 1 aliphatic carbocycles. The van der Waals surface area contributed by atoms with Gasteiger partial charge in [0, 0.05) is 6.04 Å². The topological polar surface area (TPSA) is 66.4 Å². The van der Waals surface area contributed by atoms with Crippen molar-refractivity contribution in [3.8, 4) is 0 Å². The molecule has 0 aromatic heterocycles. The molecule has 0 radical (unpaired) electrons. The molecule has 4 nitrogen and oxygen atoms in total. The van der Waals surface area contributed by atoms with Crippen LogP contribution in [0.4, 0.5) is 0 Å². The highest BCUT2D eigenvalue weighted by Gasteiger charge is 2.29. The molecule has 1 aliphatic rings. The monoisotopic (exact) mass is 311 g/mol. The van der Waals surface area contributed by atoms with Crippen LogP contribution in [0.15, 0.2) is 23.1 Å². The Labute approximate surface area is 127 Å². The lowest BCUT2D eigenvalue weighted by Crippen LogP contribution is -2.42. The summed E-state index contributed by atoms with van der Waals surface area (Å²) in [6.45, 7) is 3.76. The Balaban J connectivity index is 2.25. The van der Waals surface area contributed by atoms with Gasteiger partial charge in [0.15, 0.2) is 0 Å². The summed E-state index contributed by atoms with van der Waals surface area (Å²) in [6, 6.07) is 5.11. The summed E-state index contributed by atoms with van der Waals surface area (Å²) in [4.78, 5) is 0.287. The van der Waals surface area contributed by atoms with Crippen LogP contribution in [0.25, 0.3) is 0 Å². The maximum Gasteiger partial charge on any atom is 0.241 e. The molecule has 1 aromatic rings. The van der Waals surface area contributed by atoms with E-state index in [2.05, 4.69) is 11.6 Å². The Morgan fingerprint density at radius 3 is 2.67 bits per heavy atom. The van der Waals surface area contributed by atoms with E-state index in [1.54, 1.807) is 25.1 Å². The van der Waals surface area contributed by atoms with E-state index < -0.39 is 10.0 Å². The van der Waals surface area contributed by atoms with Gasteiger partial charge in [0.25, 0.3) is 0 Å². The van der Waals surface area contributed by atoms with Gasteiger partial charge < -0.3 is 5.11 Å². The second-order valence-corrected chi connectivity index (χ2v) is 7.62. The molecule has 21 heavy (non-hydrogen) atoms. The molecule has 2 unspecified atom stereocenters. The summed E-state index contributed by atoms with van der Waals surface area (Å²) < 4.78 is 28.2. The number of aryl methyl sites for hydroxylation is 1. The number of aliphatic hydroxyl groups excluding tert-OH is 1. The van der Waals surface area contributed by atoms with Crippen molar-refractivity contribution in [3.05, 3.63) is 29.3 Å². The van der Waals surface area contributed by atoms with E-state index in [-0.39, 0.29) is 17.5 Å². The predicted molar refractivity (Wildman–Crippen MR) is 83.5 cm³/mol. The van der Waals surface area contributed by atoms with Gasteiger partial charge in [0.1, 0.15) is 0 Å². The number of aliphatic hydroxyl groups is 1. The first-order valence-corrected chi connectivity index (χ1v) is 9.19. The van der Waals surface area contributed by atoms with Gasteiger partial charge in [-0.1, -0.05) is 38.3 Å². The summed E-state index contributed by atoms with van der Waals surface area (Å²) >= 11 is 0. The highest BCUT2D eigenvalue weighted by Crippen LogP contribution is 2.28. The summed E-state index contributed by atoms with van der Waals surface area (Å²) in [6.07, 6.45) is 5.29. The Hall–Kier alpha value is -0.910. The van der Waals surface area contributed by atoms with Crippen LogP contribution in [0.3, 0.4) is 0 Å². The molecular formula is C16H25NO3S. The first-order chi connectivity index (χ1) is 9.97. The van der Waals surface area contributed by atoms with Crippen molar-refractivity contribution >= 4 is 10.0 Å². The predicted octanol–water partition coefficient (Wildman–Crippen LogP) is 2.73. The summed E-state index contributed by atoms with van der Waals surface area (Å²) in [5, 5.41) is 9.20. The molecule has 1 fully saturated rings. The zero-order valence-corrected chi connectivity index (χ0v) is 13.6. The van der Waals surface area contributed by atoms with Crippen molar-refractivity contribution in [1.29, 1.82) is 0 Å². The van der Waals surface area contributed by atoms with Gasteiger partial charge in [0.2, 0.25) is 10.0 Å². The fourth-order valence-electron chi connectivity index (χ4n) is 3.15. The minimum Gasteiger partial charge on any atom is -0.392 e. The quantitative estimate of drug-likeness (QED) is 0.878. The minimum absolute atomic E-state index is 0.0333. The van der Waals surface area contributed by atoms with Gasteiger partial charge in [-0.05, 0) is 42.9 Å². The zero-order chi connectivity index (χ0) is 15.5. The van der Waals surface area contributed by atoms with Crippen LogP contribution in [0.2, 0.25) is 0 Å². The molecule has 0 aliphatic heterocycles. The number of nitrogens with one attached hydrogen (secondary N) is 1. The molecular weight excluding hydrogens is 286 g/mol. The van der Waals surface area contributed by atoms with E-state index in [0.29, 0.717) is 17.0 Å². The number of hydrogen-bond donors (Lipinski definition) is 2. The molecule has 0 spiro atoms. The van der Waals surface area contributed by atoms with Crippen LogP contribution in [0.5, 0.6) is 0 Å². The lowest BCUT2D eigenvalue weighted by molar-refractivity contribution is 0.281.